The van der Waals surface area contributed by atoms with Crippen LogP contribution in [-0.2, 0) is 18.3 Å². The molecule has 9 heteroatoms. The Morgan fingerprint density at radius 3 is 2.71 bits per heavy atom. The number of rotatable bonds is 5. The quantitative estimate of drug-likeness (QED) is 0.365. The zero-order valence-electron chi connectivity index (χ0n) is 17.7. The van der Waals surface area contributed by atoms with Crippen LogP contribution in [0.15, 0.2) is 17.3 Å². The van der Waals surface area contributed by atoms with Crippen LogP contribution >= 0.6 is 24.0 Å². The van der Waals surface area contributed by atoms with Crippen LogP contribution in [0.25, 0.3) is 0 Å². The van der Waals surface area contributed by atoms with Crippen LogP contribution in [0.4, 0.5) is 4.79 Å². The molecule has 0 spiro atoms. The van der Waals surface area contributed by atoms with E-state index in [1.165, 1.54) is 0 Å². The summed E-state index contributed by atoms with van der Waals surface area (Å²) in [5.41, 5.74) is 0.562. The maximum Gasteiger partial charge on any atom is 0.410 e. The van der Waals surface area contributed by atoms with Gasteiger partial charge in [-0.3, -0.25) is 4.68 Å². The lowest BCUT2D eigenvalue weighted by atomic mass is 10.0. The van der Waals surface area contributed by atoms with Crippen molar-refractivity contribution in [2.75, 3.05) is 19.6 Å². The van der Waals surface area contributed by atoms with Crippen LogP contribution in [-0.4, -0.2) is 58.0 Å². The number of ether oxygens (including phenoxy) is 1. The summed E-state index contributed by atoms with van der Waals surface area (Å²) in [5, 5.41) is 10.8. The number of carbonyl (C=O) groups excluding carboxylic acids is 1. The second-order valence-corrected chi connectivity index (χ2v) is 7.85. The molecule has 1 aromatic rings. The smallest absolute Gasteiger partial charge is 0.410 e. The zero-order valence-corrected chi connectivity index (χ0v) is 20.0. The number of nitrogens with zero attached hydrogens (tertiary/aromatic N) is 4. The topological polar surface area (TPSA) is 83.8 Å². The number of piperidine rings is 1. The van der Waals surface area contributed by atoms with E-state index < -0.39 is 5.60 Å². The van der Waals surface area contributed by atoms with Crippen molar-refractivity contribution in [2.45, 2.75) is 65.1 Å². The maximum atomic E-state index is 12.5. The van der Waals surface area contributed by atoms with Crippen LogP contribution in [0.3, 0.4) is 0 Å². The van der Waals surface area contributed by atoms with E-state index >= 15 is 0 Å². The van der Waals surface area contributed by atoms with Crippen molar-refractivity contribution >= 4 is 36.0 Å². The summed E-state index contributed by atoms with van der Waals surface area (Å²) in [4.78, 5) is 19.0. The fraction of sp³-hybridized carbons (Fsp3) is 0.737. The van der Waals surface area contributed by atoms with Gasteiger partial charge in [0.05, 0.1) is 18.3 Å². The van der Waals surface area contributed by atoms with Crippen molar-refractivity contribution in [3.63, 3.8) is 0 Å². The van der Waals surface area contributed by atoms with Gasteiger partial charge in [0.1, 0.15) is 5.60 Å². The Labute approximate surface area is 185 Å². The Kier molecular flexibility index (Phi) is 10.0. The summed E-state index contributed by atoms with van der Waals surface area (Å²) in [6.45, 7) is 10.4. The van der Waals surface area contributed by atoms with Gasteiger partial charge in [0.2, 0.25) is 0 Å². The summed E-state index contributed by atoms with van der Waals surface area (Å²) < 4.78 is 7.39. The number of aryl methyl sites for hydroxylation is 1. The van der Waals surface area contributed by atoms with Gasteiger partial charge in [-0.1, -0.05) is 0 Å². The highest BCUT2D eigenvalue weighted by atomic mass is 127. The number of aliphatic imine (C=N–C) groups is 1. The number of halogens is 1. The fourth-order valence-electron chi connectivity index (χ4n) is 3.05. The van der Waals surface area contributed by atoms with Crippen molar-refractivity contribution in [1.82, 2.24) is 25.3 Å². The molecule has 1 atom stereocenters. The summed E-state index contributed by atoms with van der Waals surface area (Å²) in [7, 11) is 1.91. The van der Waals surface area contributed by atoms with Gasteiger partial charge >= 0.3 is 6.09 Å². The number of guanidine groups is 1. The highest BCUT2D eigenvalue weighted by Gasteiger charge is 2.30. The van der Waals surface area contributed by atoms with Crippen molar-refractivity contribution in [2.24, 2.45) is 12.0 Å². The number of hydrogen-bond acceptors (Lipinski definition) is 4. The summed E-state index contributed by atoms with van der Waals surface area (Å²) in [6, 6.07) is 2.06. The van der Waals surface area contributed by atoms with Gasteiger partial charge in [-0.25, -0.2) is 9.79 Å². The molecule has 1 aliphatic heterocycles. The number of hydrogen-bond donors (Lipinski definition) is 2. The van der Waals surface area contributed by atoms with E-state index in [-0.39, 0.29) is 36.1 Å². The lowest BCUT2D eigenvalue weighted by Gasteiger charge is -2.37. The molecule has 1 unspecified atom stereocenters. The van der Waals surface area contributed by atoms with Gasteiger partial charge in [-0.15, -0.1) is 24.0 Å². The molecule has 28 heavy (non-hydrogen) atoms. The van der Waals surface area contributed by atoms with E-state index in [2.05, 4.69) is 20.7 Å². The molecule has 0 radical (unpaired) electrons. The second kappa shape index (κ2) is 11.5. The van der Waals surface area contributed by atoms with Gasteiger partial charge in [-0.2, -0.15) is 5.10 Å². The molecule has 1 aliphatic rings. The number of nitrogens with one attached hydrogen (secondary N) is 2. The minimum Gasteiger partial charge on any atom is -0.444 e. The Hall–Kier alpha value is -1.52. The molecule has 160 valence electrons. The van der Waals surface area contributed by atoms with Gasteiger partial charge < -0.3 is 20.3 Å². The maximum absolute atomic E-state index is 12.5. The normalized spacial score (nSPS) is 17.7. The average molecular weight is 506 g/mol. The first-order valence-electron chi connectivity index (χ1n) is 9.79. The molecule has 1 saturated heterocycles. The fourth-order valence-corrected chi connectivity index (χ4v) is 3.05. The number of aromatic nitrogens is 2. The van der Waals surface area contributed by atoms with E-state index in [0.29, 0.717) is 13.1 Å². The molecule has 0 aliphatic carbocycles. The van der Waals surface area contributed by atoms with Gasteiger partial charge in [0.15, 0.2) is 5.96 Å². The second-order valence-electron chi connectivity index (χ2n) is 7.85. The first kappa shape index (κ1) is 24.5. The number of carbonyl (C=O) groups is 1. The third-order valence-electron chi connectivity index (χ3n) is 4.43. The Morgan fingerprint density at radius 1 is 1.36 bits per heavy atom. The predicted molar refractivity (Wildman–Crippen MR) is 122 cm³/mol. The first-order valence-corrected chi connectivity index (χ1v) is 9.79. The van der Waals surface area contributed by atoms with Gasteiger partial charge in [0, 0.05) is 32.9 Å². The lowest BCUT2D eigenvalue weighted by Crippen LogP contribution is -2.52. The van der Waals surface area contributed by atoms with E-state index in [9.17, 15) is 4.79 Å². The van der Waals surface area contributed by atoms with Crippen molar-refractivity contribution in [1.29, 1.82) is 0 Å². The number of likely N-dealkylation sites (tertiary alicyclic amines) is 1. The largest absolute Gasteiger partial charge is 0.444 e. The third-order valence-corrected chi connectivity index (χ3v) is 4.43. The molecule has 1 fully saturated rings. The molecular formula is C19H35IN6O2. The summed E-state index contributed by atoms with van der Waals surface area (Å²) in [5.74, 6) is 0.744. The minimum atomic E-state index is -0.480. The molecule has 0 aromatic carbocycles. The van der Waals surface area contributed by atoms with E-state index in [4.69, 9.17) is 4.74 Å². The first-order chi connectivity index (χ1) is 12.8. The van der Waals surface area contributed by atoms with Crippen LogP contribution in [0.2, 0.25) is 0 Å². The van der Waals surface area contributed by atoms with Crippen LogP contribution in [0.1, 0.15) is 52.7 Å². The summed E-state index contributed by atoms with van der Waals surface area (Å²) in [6.07, 6.45) is 4.64. The standard InChI is InChI=1S/C19H34N6O2.HI/c1-6-20-17(21-13-15-10-11-23-24(15)5)22-14-16-9-7-8-12-25(16)18(26)27-19(2,3)4;/h10-11,16H,6-9,12-14H2,1-5H3,(H2,20,21,22);1H. The van der Waals surface area contributed by atoms with Crippen molar-refractivity contribution in [3.05, 3.63) is 18.0 Å². The lowest BCUT2D eigenvalue weighted by molar-refractivity contribution is 0.0104. The van der Waals surface area contributed by atoms with Crippen molar-refractivity contribution < 1.29 is 9.53 Å². The summed E-state index contributed by atoms with van der Waals surface area (Å²) >= 11 is 0. The Morgan fingerprint density at radius 2 is 2.11 bits per heavy atom. The predicted octanol–water partition coefficient (Wildman–Crippen LogP) is 2.88. The van der Waals surface area contributed by atoms with E-state index in [1.54, 1.807) is 6.20 Å². The third kappa shape index (κ3) is 7.84. The van der Waals surface area contributed by atoms with E-state index in [0.717, 1.165) is 44.0 Å². The molecule has 8 nitrogen and oxygen atoms in total. The Bertz CT molecular complexity index is 641. The number of amides is 1. The van der Waals surface area contributed by atoms with Gasteiger partial charge in [-0.05, 0) is 53.0 Å². The molecule has 1 aromatic heterocycles. The molecule has 2 heterocycles. The molecule has 2 N–H and O–H groups in total. The molecule has 2 rings (SSSR count). The minimum absolute atomic E-state index is 0. The molecular weight excluding hydrogens is 471 g/mol. The van der Waals surface area contributed by atoms with Crippen LogP contribution in [0.5, 0.6) is 0 Å². The average Bonchev–Trinajstić information content (AvgIpc) is 3.01. The highest BCUT2D eigenvalue weighted by molar-refractivity contribution is 14.0. The molecule has 0 saturated carbocycles. The monoisotopic (exact) mass is 506 g/mol. The highest BCUT2D eigenvalue weighted by Crippen LogP contribution is 2.20. The van der Waals surface area contributed by atoms with Crippen molar-refractivity contribution in [3.8, 4) is 0 Å². The van der Waals surface area contributed by atoms with Crippen LogP contribution in [0, 0.1) is 0 Å². The SMILES string of the molecule is CCNC(=NCc1ccnn1C)NCC1CCCCN1C(=O)OC(C)(C)C.I. The van der Waals surface area contributed by atoms with Crippen LogP contribution < -0.4 is 10.6 Å². The molecule has 1 amide bonds. The zero-order chi connectivity index (χ0) is 19.9. The van der Waals surface area contributed by atoms with E-state index in [1.807, 2.05) is 50.4 Å². The van der Waals surface area contributed by atoms with Gasteiger partial charge in [0.25, 0.3) is 0 Å². The molecule has 0 bridgehead atoms. The Balaban J connectivity index is 0.00000392.